The average molecular weight is 213 g/mol. The quantitative estimate of drug-likeness (QED) is 0.681. The van der Waals surface area contributed by atoms with E-state index in [1.54, 1.807) is 0 Å². The molecular formula is C15H19N. The van der Waals surface area contributed by atoms with Crippen molar-refractivity contribution in [3.63, 3.8) is 0 Å². The minimum atomic E-state index is 0.951. The molecule has 0 unspecified atom stereocenters. The maximum atomic E-state index is 4.02. The second-order valence-corrected chi connectivity index (χ2v) is 4.07. The molecule has 1 aromatic rings. The van der Waals surface area contributed by atoms with E-state index in [1.165, 1.54) is 5.56 Å². The van der Waals surface area contributed by atoms with Gasteiger partial charge in [0.2, 0.25) is 0 Å². The zero-order valence-corrected chi connectivity index (χ0v) is 10.3. The van der Waals surface area contributed by atoms with Crippen molar-refractivity contribution in [2.24, 2.45) is 0 Å². The van der Waals surface area contributed by atoms with Crippen LogP contribution in [-0.4, -0.2) is 7.05 Å². The molecule has 0 radical (unpaired) electrons. The first kappa shape index (κ1) is 12.3. The van der Waals surface area contributed by atoms with E-state index in [9.17, 15) is 0 Å². The van der Waals surface area contributed by atoms with Crippen LogP contribution >= 0.6 is 0 Å². The van der Waals surface area contributed by atoms with Crippen molar-refractivity contribution in [3.8, 4) is 0 Å². The number of rotatable bonds is 4. The molecule has 1 heteroatoms. The van der Waals surface area contributed by atoms with Gasteiger partial charge in [-0.1, -0.05) is 42.5 Å². The van der Waals surface area contributed by atoms with Gasteiger partial charge in [-0.15, -0.1) is 0 Å². The molecule has 0 saturated heterocycles. The van der Waals surface area contributed by atoms with Crippen molar-refractivity contribution < 1.29 is 0 Å². The highest BCUT2D eigenvalue weighted by atomic mass is 15.1. The van der Waals surface area contributed by atoms with Crippen LogP contribution in [0.3, 0.4) is 0 Å². The second-order valence-electron chi connectivity index (χ2n) is 4.07. The Kier molecular flexibility index (Phi) is 4.12. The summed E-state index contributed by atoms with van der Waals surface area (Å²) < 4.78 is 0. The van der Waals surface area contributed by atoms with E-state index in [4.69, 9.17) is 0 Å². The molecule has 0 atom stereocenters. The van der Waals surface area contributed by atoms with Gasteiger partial charge >= 0.3 is 0 Å². The third-order valence-corrected chi connectivity index (χ3v) is 2.41. The lowest BCUT2D eigenvalue weighted by molar-refractivity contribution is 1.14. The van der Waals surface area contributed by atoms with Gasteiger partial charge in [0.25, 0.3) is 0 Å². The summed E-state index contributed by atoms with van der Waals surface area (Å²) in [6, 6.07) is 8.38. The van der Waals surface area contributed by atoms with Crippen LogP contribution in [0.1, 0.15) is 12.5 Å². The zero-order valence-electron chi connectivity index (χ0n) is 10.3. The number of allylic oxidation sites excluding steroid dienone is 3. The van der Waals surface area contributed by atoms with Gasteiger partial charge in [0, 0.05) is 18.4 Å². The summed E-state index contributed by atoms with van der Waals surface area (Å²) in [5.41, 5.74) is 4.38. The zero-order chi connectivity index (χ0) is 12.1. The van der Waals surface area contributed by atoms with Gasteiger partial charge in [-0.2, -0.15) is 0 Å². The van der Waals surface area contributed by atoms with Crippen LogP contribution in [0, 0.1) is 6.92 Å². The van der Waals surface area contributed by atoms with Crippen LogP contribution in [0.15, 0.2) is 60.8 Å². The molecule has 1 aromatic carbocycles. The minimum absolute atomic E-state index is 0.951. The second kappa shape index (κ2) is 5.36. The van der Waals surface area contributed by atoms with Crippen molar-refractivity contribution >= 4 is 5.69 Å². The molecule has 1 rings (SSSR count). The molecule has 1 nitrogen and oxygen atoms in total. The molecule has 0 amide bonds. The lowest BCUT2D eigenvalue weighted by Crippen LogP contribution is -2.13. The summed E-state index contributed by atoms with van der Waals surface area (Å²) in [4.78, 5) is 2.05. The van der Waals surface area contributed by atoms with E-state index in [0.717, 1.165) is 17.0 Å². The van der Waals surface area contributed by atoms with E-state index in [-0.39, 0.29) is 0 Å². The summed E-state index contributed by atoms with van der Waals surface area (Å²) in [7, 11) is 2.01. The molecule has 0 N–H and O–H groups in total. The van der Waals surface area contributed by atoms with E-state index in [1.807, 2.05) is 26.1 Å². The van der Waals surface area contributed by atoms with Crippen molar-refractivity contribution in [1.82, 2.24) is 0 Å². The molecule has 0 fully saturated rings. The Morgan fingerprint density at radius 1 is 1.12 bits per heavy atom. The van der Waals surface area contributed by atoms with Gasteiger partial charge in [-0.05, 0) is 32.1 Å². The number of benzene rings is 1. The monoisotopic (exact) mass is 213 g/mol. The van der Waals surface area contributed by atoms with Crippen LogP contribution in [0.25, 0.3) is 0 Å². The fourth-order valence-electron chi connectivity index (χ4n) is 1.28. The SMILES string of the molecule is C=C(C)C=CC(=C)N(C)c1ccc(C)cc1. The fourth-order valence-corrected chi connectivity index (χ4v) is 1.28. The Labute approximate surface area is 98.4 Å². The highest BCUT2D eigenvalue weighted by Crippen LogP contribution is 2.17. The normalized spacial score (nSPS) is 10.4. The first-order valence-electron chi connectivity index (χ1n) is 5.33. The minimum Gasteiger partial charge on any atom is -0.345 e. The summed E-state index contributed by atoms with van der Waals surface area (Å²) in [6.07, 6.45) is 3.94. The van der Waals surface area contributed by atoms with E-state index >= 15 is 0 Å². The largest absolute Gasteiger partial charge is 0.345 e. The Bertz CT molecular complexity index is 410. The molecule has 0 bridgehead atoms. The molecule has 0 heterocycles. The van der Waals surface area contributed by atoms with Crippen LogP contribution < -0.4 is 4.90 Å². The number of likely N-dealkylation sites (N-methyl/N-ethyl adjacent to an activating group) is 1. The van der Waals surface area contributed by atoms with Crippen LogP contribution in [0.4, 0.5) is 5.69 Å². The standard InChI is InChI=1S/C15H19N/c1-12(2)6-9-14(4)16(5)15-10-7-13(3)8-11-15/h6-11H,1,4H2,2-3,5H3. The number of hydrogen-bond donors (Lipinski definition) is 0. The molecule has 0 saturated carbocycles. The smallest absolute Gasteiger partial charge is 0.0408 e. The van der Waals surface area contributed by atoms with Crippen molar-refractivity contribution in [3.05, 3.63) is 66.4 Å². The lowest BCUT2D eigenvalue weighted by atomic mass is 10.2. The molecule has 0 spiro atoms. The number of aryl methyl sites for hydroxylation is 1. The number of nitrogens with zero attached hydrogens (tertiary/aromatic N) is 1. The van der Waals surface area contributed by atoms with Gasteiger partial charge in [0.1, 0.15) is 0 Å². The summed E-state index contributed by atoms with van der Waals surface area (Å²) >= 11 is 0. The first-order chi connectivity index (χ1) is 7.50. The maximum Gasteiger partial charge on any atom is 0.0408 e. The topological polar surface area (TPSA) is 3.24 Å². The van der Waals surface area contributed by atoms with Gasteiger partial charge in [0.05, 0.1) is 0 Å². The van der Waals surface area contributed by atoms with Crippen LogP contribution in [0.2, 0.25) is 0 Å². The summed E-state index contributed by atoms with van der Waals surface area (Å²) in [6.45, 7) is 11.9. The number of hydrogen-bond acceptors (Lipinski definition) is 1. The predicted molar refractivity (Wildman–Crippen MR) is 72.7 cm³/mol. The third kappa shape index (κ3) is 3.43. The van der Waals surface area contributed by atoms with Crippen molar-refractivity contribution in [2.45, 2.75) is 13.8 Å². The van der Waals surface area contributed by atoms with Gasteiger partial charge in [0.15, 0.2) is 0 Å². The molecule has 84 valence electrons. The average Bonchev–Trinajstić information content (AvgIpc) is 2.26. The van der Waals surface area contributed by atoms with Gasteiger partial charge in [-0.25, -0.2) is 0 Å². The molecule has 0 aliphatic heterocycles. The van der Waals surface area contributed by atoms with Gasteiger partial charge in [-0.3, -0.25) is 0 Å². The highest BCUT2D eigenvalue weighted by molar-refractivity contribution is 5.53. The first-order valence-corrected chi connectivity index (χ1v) is 5.33. The Morgan fingerprint density at radius 2 is 1.69 bits per heavy atom. The van der Waals surface area contributed by atoms with E-state index in [0.29, 0.717) is 0 Å². The predicted octanol–water partition coefficient (Wildman–Crippen LogP) is 4.08. The lowest BCUT2D eigenvalue weighted by Gasteiger charge is -2.19. The van der Waals surface area contributed by atoms with E-state index < -0.39 is 0 Å². The van der Waals surface area contributed by atoms with Crippen LogP contribution in [0.5, 0.6) is 0 Å². The summed E-state index contributed by atoms with van der Waals surface area (Å²) in [5.74, 6) is 0. The van der Waals surface area contributed by atoms with E-state index in [2.05, 4.69) is 49.2 Å². The molecule has 0 aliphatic carbocycles. The van der Waals surface area contributed by atoms with Crippen LogP contribution in [-0.2, 0) is 0 Å². The Balaban J connectivity index is 2.78. The van der Waals surface area contributed by atoms with Gasteiger partial charge < -0.3 is 4.90 Å². The molecular weight excluding hydrogens is 194 g/mol. The Hall–Kier alpha value is -1.76. The third-order valence-electron chi connectivity index (χ3n) is 2.41. The highest BCUT2D eigenvalue weighted by Gasteiger charge is 2.01. The van der Waals surface area contributed by atoms with Crippen molar-refractivity contribution in [2.75, 3.05) is 11.9 Å². The molecule has 16 heavy (non-hydrogen) atoms. The Morgan fingerprint density at radius 3 is 2.19 bits per heavy atom. The number of anilines is 1. The maximum absolute atomic E-state index is 4.02. The fraction of sp³-hybridized carbons (Fsp3) is 0.200. The molecule has 0 aliphatic rings. The molecule has 0 aromatic heterocycles. The van der Waals surface area contributed by atoms with Crippen molar-refractivity contribution in [1.29, 1.82) is 0 Å². The summed E-state index contributed by atoms with van der Waals surface area (Å²) in [5, 5.41) is 0.